The summed E-state index contributed by atoms with van der Waals surface area (Å²) in [5.74, 6) is -1.96. The Kier molecular flexibility index (Phi) is 11.3. The highest BCUT2D eigenvalue weighted by Crippen LogP contribution is 2.42. The number of nitroso groups, excluding NO2 is 2. The molecule has 6 N–H and O–H groups in total. The second-order valence-corrected chi connectivity index (χ2v) is 9.81. The largest absolute Gasteiger partial charge is 0.450 e. The van der Waals surface area contributed by atoms with E-state index in [1.54, 1.807) is 13.8 Å². The molecule has 250 valence electrons. The predicted octanol–water partition coefficient (Wildman–Crippen LogP) is 6.10. The Bertz CT molecular complexity index is 1660. The smallest absolute Gasteiger partial charge is 0.411 e. The second kappa shape index (κ2) is 15.7. The summed E-state index contributed by atoms with van der Waals surface area (Å²) >= 11 is 0. The van der Waals surface area contributed by atoms with Crippen molar-refractivity contribution in [1.82, 2.24) is 9.97 Å². The van der Waals surface area contributed by atoms with Crippen molar-refractivity contribution in [3.8, 4) is 11.1 Å². The summed E-state index contributed by atoms with van der Waals surface area (Å²) in [5.41, 5.74) is 13.1. The normalized spacial score (nSPS) is 10.5. The van der Waals surface area contributed by atoms with Crippen LogP contribution in [0.15, 0.2) is 71.2 Å². The van der Waals surface area contributed by atoms with Gasteiger partial charge in [0, 0.05) is 11.1 Å². The molecular formula is C30H30F2N10O6. The first-order chi connectivity index (χ1) is 23.1. The maximum absolute atomic E-state index is 13.6. The molecule has 2 aromatic carbocycles. The van der Waals surface area contributed by atoms with Gasteiger partial charge in [-0.25, -0.2) is 38.4 Å². The molecular weight excluding hydrogens is 634 g/mol. The monoisotopic (exact) mass is 664 g/mol. The van der Waals surface area contributed by atoms with Crippen molar-refractivity contribution in [3.63, 3.8) is 0 Å². The topological polar surface area (TPSA) is 220 Å². The van der Waals surface area contributed by atoms with Gasteiger partial charge in [-0.1, -0.05) is 24.3 Å². The van der Waals surface area contributed by atoms with Crippen molar-refractivity contribution in [1.29, 1.82) is 0 Å². The van der Waals surface area contributed by atoms with Crippen molar-refractivity contribution in [2.45, 2.75) is 26.9 Å². The summed E-state index contributed by atoms with van der Waals surface area (Å²) < 4.78 is 37.2. The summed E-state index contributed by atoms with van der Waals surface area (Å²) in [6.07, 6.45) is -1.76. The number of halogens is 2. The molecule has 2 amide bonds. The van der Waals surface area contributed by atoms with Crippen LogP contribution in [0, 0.1) is 21.4 Å². The van der Waals surface area contributed by atoms with Crippen molar-refractivity contribution < 1.29 is 27.8 Å². The number of ether oxygens (including phenoxy) is 2. The first kappa shape index (κ1) is 34.4. The van der Waals surface area contributed by atoms with E-state index in [4.69, 9.17) is 20.9 Å². The standard InChI is InChI=1S/C30H30F2N10O6/c1-3-47-29(43)35-23-13-21(27(37-25(23)33)41(39-45)15-17-5-9-19(31)10-6-17)22-14-24(36-30(44)48-4-2)26(34)38-28(22)42(40-46)16-18-7-11-20(32)12-8-18/h5-14H,3-4,15-16H2,1-2H3,(H2,33,37)(H2,34,38)(H,35,43)(H,36,44). The van der Waals surface area contributed by atoms with Crippen molar-refractivity contribution in [2.24, 2.45) is 10.6 Å². The maximum atomic E-state index is 13.6. The van der Waals surface area contributed by atoms with E-state index < -0.39 is 23.8 Å². The fourth-order valence-corrected chi connectivity index (χ4v) is 4.39. The minimum Gasteiger partial charge on any atom is -0.450 e. The Morgan fingerprint density at radius 1 is 0.708 bits per heavy atom. The van der Waals surface area contributed by atoms with Gasteiger partial charge in [0.1, 0.15) is 23.3 Å². The van der Waals surface area contributed by atoms with Crippen LogP contribution >= 0.6 is 0 Å². The number of nitrogen functional groups attached to an aromatic ring is 2. The van der Waals surface area contributed by atoms with Crippen molar-refractivity contribution in [2.75, 3.05) is 45.3 Å². The molecule has 2 heterocycles. The molecule has 4 aromatic rings. The molecule has 0 aliphatic carbocycles. The minimum absolute atomic E-state index is 0.0140. The number of hydrogen-bond acceptors (Lipinski definition) is 12. The number of carbonyl (C=O) groups is 2. The Morgan fingerprint density at radius 3 is 1.38 bits per heavy atom. The molecule has 0 radical (unpaired) electrons. The van der Waals surface area contributed by atoms with Crippen LogP contribution in [-0.4, -0.2) is 35.4 Å². The van der Waals surface area contributed by atoms with Crippen LogP contribution in [0.4, 0.5) is 53.0 Å². The van der Waals surface area contributed by atoms with Crippen LogP contribution in [-0.2, 0) is 22.6 Å². The Hall–Kier alpha value is -6.46. The summed E-state index contributed by atoms with van der Waals surface area (Å²) in [6, 6.07) is 13.1. The van der Waals surface area contributed by atoms with Crippen LogP contribution in [0.25, 0.3) is 11.1 Å². The van der Waals surface area contributed by atoms with E-state index in [-0.39, 0.29) is 72.1 Å². The highest BCUT2D eigenvalue weighted by Gasteiger charge is 2.27. The van der Waals surface area contributed by atoms with Gasteiger partial charge in [0.25, 0.3) is 0 Å². The molecule has 0 bridgehead atoms. The van der Waals surface area contributed by atoms with E-state index in [0.717, 1.165) is 10.0 Å². The zero-order valence-corrected chi connectivity index (χ0v) is 25.6. The number of benzene rings is 2. The number of aromatic nitrogens is 2. The van der Waals surface area contributed by atoms with Crippen LogP contribution in [0.5, 0.6) is 0 Å². The zero-order valence-electron chi connectivity index (χ0n) is 25.6. The molecule has 0 saturated heterocycles. The van der Waals surface area contributed by atoms with Crippen LogP contribution in [0.2, 0.25) is 0 Å². The zero-order chi connectivity index (χ0) is 34.8. The van der Waals surface area contributed by atoms with Crippen LogP contribution < -0.4 is 32.1 Å². The molecule has 4 rings (SSSR count). The van der Waals surface area contributed by atoms with Gasteiger partial charge < -0.3 is 20.9 Å². The van der Waals surface area contributed by atoms with Gasteiger partial charge in [0.2, 0.25) is 0 Å². The fraction of sp³-hybridized carbons (Fsp3) is 0.200. The summed E-state index contributed by atoms with van der Waals surface area (Å²) in [5, 5.41) is 12.9. The van der Waals surface area contributed by atoms with Gasteiger partial charge in [0.15, 0.2) is 11.6 Å². The number of hydrogen-bond donors (Lipinski definition) is 4. The molecule has 18 heteroatoms. The molecule has 48 heavy (non-hydrogen) atoms. The molecule has 0 atom stereocenters. The highest BCUT2D eigenvalue weighted by atomic mass is 19.1. The van der Waals surface area contributed by atoms with Gasteiger partial charge in [0.05, 0.1) is 48.2 Å². The Balaban J connectivity index is 1.98. The lowest BCUT2D eigenvalue weighted by molar-refractivity contribution is 0.167. The van der Waals surface area contributed by atoms with E-state index in [9.17, 15) is 28.2 Å². The third kappa shape index (κ3) is 8.42. The molecule has 0 aliphatic rings. The van der Waals surface area contributed by atoms with Gasteiger partial charge >= 0.3 is 12.2 Å². The number of nitrogens with two attached hydrogens (primary N) is 2. The molecule has 0 unspecified atom stereocenters. The lowest BCUT2D eigenvalue weighted by Gasteiger charge is -2.24. The van der Waals surface area contributed by atoms with E-state index in [1.165, 1.54) is 60.7 Å². The number of nitrogens with one attached hydrogen (secondary N) is 2. The molecule has 0 spiro atoms. The summed E-state index contributed by atoms with van der Waals surface area (Å²) in [7, 11) is 0. The number of rotatable bonds is 13. The van der Waals surface area contributed by atoms with Gasteiger partial charge in [-0.05, 0) is 61.4 Å². The fourth-order valence-electron chi connectivity index (χ4n) is 4.39. The van der Waals surface area contributed by atoms with E-state index in [1.807, 2.05) is 0 Å². The lowest BCUT2D eigenvalue weighted by Crippen LogP contribution is -2.22. The van der Waals surface area contributed by atoms with Crippen LogP contribution in [0.1, 0.15) is 25.0 Å². The second-order valence-electron chi connectivity index (χ2n) is 9.81. The average Bonchev–Trinajstić information content (AvgIpc) is 3.06. The molecule has 16 nitrogen and oxygen atoms in total. The van der Waals surface area contributed by atoms with Crippen LogP contribution in [0.3, 0.4) is 0 Å². The lowest BCUT2D eigenvalue weighted by atomic mass is 10.0. The van der Waals surface area contributed by atoms with Gasteiger partial charge in [-0.2, -0.15) is 0 Å². The molecule has 2 aromatic heterocycles. The number of anilines is 6. The highest BCUT2D eigenvalue weighted by molar-refractivity contribution is 5.97. The minimum atomic E-state index is -0.880. The van der Waals surface area contributed by atoms with Gasteiger partial charge in [-0.15, -0.1) is 9.81 Å². The quantitative estimate of drug-likeness (QED) is 0.0941. The number of amides is 2. The van der Waals surface area contributed by atoms with E-state index >= 15 is 0 Å². The average molecular weight is 665 g/mol. The van der Waals surface area contributed by atoms with E-state index in [2.05, 4.69) is 31.2 Å². The number of carbonyl (C=O) groups excluding carboxylic acids is 2. The SMILES string of the molecule is CCOC(=O)Nc1cc(-c2cc(NC(=O)OCC)c(N)nc2N(Cc2ccc(F)cc2)N=O)c(N(Cc2ccc(F)cc2)N=O)nc1N. The first-order valence-corrected chi connectivity index (χ1v) is 14.3. The van der Waals surface area contributed by atoms with Gasteiger partial charge in [-0.3, -0.25) is 10.6 Å². The van der Waals surface area contributed by atoms with Crippen molar-refractivity contribution in [3.05, 3.63) is 93.2 Å². The number of nitrogens with zero attached hydrogens (tertiary/aromatic N) is 6. The Labute approximate surface area is 271 Å². The predicted molar refractivity (Wildman–Crippen MR) is 174 cm³/mol. The van der Waals surface area contributed by atoms with E-state index in [0.29, 0.717) is 11.1 Å². The number of pyridine rings is 2. The summed E-state index contributed by atoms with van der Waals surface area (Å²) in [4.78, 5) is 58.1. The Morgan fingerprint density at radius 2 is 1.06 bits per heavy atom. The molecule has 0 aliphatic heterocycles. The first-order valence-electron chi connectivity index (χ1n) is 14.3. The molecule has 0 saturated carbocycles. The third-order valence-corrected chi connectivity index (χ3v) is 6.56. The third-order valence-electron chi connectivity index (χ3n) is 6.56. The summed E-state index contributed by atoms with van der Waals surface area (Å²) in [6.45, 7) is 2.78. The maximum Gasteiger partial charge on any atom is 0.411 e. The van der Waals surface area contributed by atoms with Crippen molar-refractivity contribution >= 4 is 46.8 Å². The molecule has 0 fully saturated rings.